The number of hydrogen-bond donors (Lipinski definition) is 2. The first-order valence-corrected chi connectivity index (χ1v) is 8.89. The molecule has 1 aromatic rings. The monoisotopic (exact) mass is 352 g/mol. The number of alkyl carbamates (subject to hydrolysis) is 1. The maximum Gasteiger partial charge on any atom is 0.407 e. The Hall–Kier alpha value is -1.24. The Bertz CT molecular complexity index is 531. The molecule has 0 bridgehead atoms. The predicted molar refractivity (Wildman–Crippen MR) is 97.1 cm³/mol. The molecule has 1 heterocycles. The van der Waals surface area contributed by atoms with Crippen molar-refractivity contribution in [1.82, 2.24) is 10.1 Å². The van der Waals surface area contributed by atoms with E-state index in [-0.39, 0.29) is 18.1 Å². The Morgan fingerprint density at radius 2 is 1.92 bits per heavy atom. The second-order valence-electron chi connectivity index (χ2n) is 6.68. The summed E-state index contributed by atoms with van der Waals surface area (Å²) >= 11 is 5.98. The number of nitrogens with zero attached hydrogens (tertiary/aromatic N) is 1. The number of halogens is 1. The molecule has 0 saturated carbocycles. The van der Waals surface area contributed by atoms with Gasteiger partial charge in [0, 0.05) is 17.0 Å². The van der Waals surface area contributed by atoms with Crippen LogP contribution in [0.4, 0.5) is 4.79 Å². The number of ether oxygens (including phenoxy) is 1. The van der Waals surface area contributed by atoms with Gasteiger partial charge in [-0.3, -0.25) is 0 Å². The highest BCUT2D eigenvalue weighted by Crippen LogP contribution is 2.34. The second kappa shape index (κ2) is 8.74. The van der Waals surface area contributed by atoms with Crippen LogP contribution in [0.2, 0.25) is 11.8 Å². The van der Waals surface area contributed by atoms with Crippen LogP contribution in [0.1, 0.15) is 38.4 Å². The van der Waals surface area contributed by atoms with Gasteiger partial charge in [0.1, 0.15) is 6.10 Å². The van der Waals surface area contributed by atoms with Crippen LogP contribution >= 0.6 is 11.6 Å². The van der Waals surface area contributed by atoms with Gasteiger partial charge in [0.2, 0.25) is 0 Å². The zero-order chi connectivity index (χ0) is 17.7. The van der Waals surface area contributed by atoms with E-state index in [0.29, 0.717) is 5.02 Å². The average Bonchev–Trinajstić information content (AvgIpc) is 2.53. The van der Waals surface area contributed by atoms with Crippen molar-refractivity contribution >= 4 is 24.7 Å². The maximum atomic E-state index is 12.1. The normalized spacial score (nSPS) is 17.6. The lowest BCUT2D eigenvalue weighted by atomic mass is 9.79. The zero-order valence-corrected chi connectivity index (χ0v) is 15.3. The molecule has 7 heteroatoms. The highest BCUT2D eigenvalue weighted by molar-refractivity contribution is 6.45. The molecule has 1 unspecified atom stereocenters. The van der Waals surface area contributed by atoms with E-state index in [1.807, 2.05) is 42.9 Å². The van der Waals surface area contributed by atoms with Gasteiger partial charge in [0.25, 0.3) is 0 Å². The largest absolute Gasteiger partial charge is 0.441 e. The predicted octanol–water partition coefficient (Wildman–Crippen LogP) is 3.34. The molecule has 2 N–H and O–H groups in total. The lowest BCUT2D eigenvalue weighted by molar-refractivity contribution is 0.0397. The van der Waals surface area contributed by atoms with Crippen LogP contribution < -0.4 is 5.32 Å². The summed E-state index contributed by atoms with van der Waals surface area (Å²) in [6, 6.07) is 7.49. The Morgan fingerprint density at radius 3 is 2.42 bits per heavy atom. The summed E-state index contributed by atoms with van der Waals surface area (Å²) in [5, 5.41) is 13.2. The van der Waals surface area contributed by atoms with Gasteiger partial charge < -0.3 is 19.9 Å². The topological polar surface area (TPSA) is 61.8 Å². The molecule has 0 aromatic heterocycles. The molecule has 2 rings (SSSR count). The number of carbonyl (C=O) groups excluding carboxylic acids is 1. The van der Waals surface area contributed by atoms with Crippen LogP contribution in [0, 0.1) is 5.92 Å². The summed E-state index contributed by atoms with van der Waals surface area (Å²) in [4.78, 5) is 14.1. The smallest absolute Gasteiger partial charge is 0.407 e. The number of rotatable bonds is 5. The molecule has 1 fully saturated rings. The molecule has 0 radical (unpaired) electrons. The van der Waals surface area contributed by atoms with E-state index in [1.165, 1.54) is 0 Å². The Kier molecular flexibility index (Phi) is 6.95. The third-order valence-electron chi connectivity index (χ3n) is 4.37. The summed E-state index contributed by atoms with van der Waals surface area (Å²) in [6.45, 7) is 7.17. The van der Waals surface area contributed by atoms with Crippen molar-refractivity contribution in [1.29, 1.82) is 0 Å². The van der Waals surface area contributed by atoms with Crippen molar-refractivity contribution < 1.29 is 14.6 Å². The molecule has 1 amide bonds. The molecular formula is C17H26BClN2O3. The van der Waals surface area contributed by atoms with Crippen molar-refractivity contribution in [3.63, 3.8) is 0 Å². The lowest BCUT2D eigenvalue weighted by Gasteiger charge is -2.36. The Labute approximate surface area is 149 Å². The Morgan fingerprint density at radius 1 is 1.33 bits per heavy atom. The number of piperidine rings is 1. The van der Waals surface area contributed by atoms with E-state index < -0.39 is 13.1 Å². The van der Waals surface area contributed by atoms with Crippen LogP contribution in [-0.2, 0) is 4.74 Å². The summed E-state index contributed by atoms with van der Waals surface area (Å²) in [6.07, 6.45) is 1.03. The van der Waals surface area contributed by atoms with Gasteiger partial charge in [0.05, 0.1) is 0 Å². The van der Waals surface area contributed by atoms with Gasteiger partial charge in [-0.25, -0.2) is 4.79 Å². The van der Waals surface area contributed by atoms with E-state index in [1.54, 1.807) is 6.82 Å². The van der Waals surface area contributed by atoms with Crippen LogP contribution in [0.25, 0.3) is 0 Å². The minimum atomic E-state index is -0.440. The van der Waals surface area contributed by atoms with Crippen molar-refractivity contribution in [2.75, 3.05) is 13.1 Å². The molecule has 24 heavy (non-hydrogen) atoms. The second-order valence-corrected chi connectivity index (χ2v) is 7.12. The van der Waals surface area contributed by atoms with Gasteiger partial charge in [-0.05, 0) is 64.3 Å². The maximum absolute atomic E-state index is 12.1. The van der Waals surface area contributed by atoms with Crippen molar-refractivity contribution in [3.8, 4) is 0 Å². The molecule has 0 spiro atoms. The first kappa shape index (κ1) is 19.1. The molecule has 5 nitrogen and oxygen atoms in total. The molecule has 1 aliphatic heterocycles. The van der Waals surface area contributed by atoms with E-state index in [4.69, 9.17) is 16.3 Å². The van der Waals surface area contributed by atoms with E-state index in [0.717, 1.165) is 31.5 Å². The summed E-state index contributed by atoms with van der Waals surface area (Å²) < 4.78 is 5.75. The van der Waals surface area contributed by atoms with Gasteiger partial charge >= 0.3 is 13.1 Å². The molecule has 132 valence electrons. The average molecular weight is 353 g/mol. The quantitative estimate of drug-likeness (QED) is 0.798. The van der Waals surface area contributed by atoms with Gasteiger partial charge in [-0.15, -0.1) is 0 Å². The Balaban J connectivity index is 2.11. The van der Waals surface area contributed by atoms with Crippen LogP contribution in [0.5, 0.6) is 0 Å². The highest BCUT2D eigenvalue weighted by atomic mass is 35.5. The van der Waals surface area contributed by atoms with Crippen LogP contribution in [-0.4, -0.2) is 42.1 Å². The standard InChI is InChI=1S/C17H26BClN2O3/c1-12(2)20-17(22)24-16(13-4-6-15(19)7-5-13)14-8-10-21(11-9-14)18(3)23/h4-7,12,14,16,23H,8-11H2,1-3H3,(H,20,22). The molecule has 1 atom stereocenters. The van der Waals surface area contributed by atoms with Gasteiger partial charge in [0.15, 0.2) is 0 Å². The third-order valence-corrected chi connectivity index (χ3v) is 4.62. The van der Waals surface area contributed by atoms with E-state index in [9.17, 15) is 9.82 Å². The van der Waals surface area contributed by atoms with E-state index in [2.05, 4.69) is 5.32 Å². The number of amides is 1. The number of hydrogen-bond acceptors (Lipinski definition) is 4. The molecule has 1 saturated heterocycles. The minimum Gasteiger partial charge on any atom is -0.441 e. The highest BCUT2D eigenvalue weighted by Gasteiger charge is 2.32. The van der Waals surface area contributed by atoms with Crippen LogP contribution in [0.3, 0.4) is 0 Å². The van der Waals surface area contributed by atoms with Gasteiger partial charge in [-0.1, -0.05) is 23.7 Å². The van der Waals surface area contributed by atoms with Crippen molar-refractivity contribution in [2.45, 2.75) is 45.7 Å². The van der Waals surface area contributed by atoms with Gasteiger partial charge in [-0.2, -0.15) is 0 Å². The number of nitrogens with one attached hydrogen (secondary N) is 1. The molecule has 0 aliphatic carbocycles. The number of carbonyl (C=O) groups is 1. The fraction of sp³-hybridized carbons (Fsp3) is 0.588. The SMILES string of the molecule is CB(O)N1CCC(C(OC(=O)NC(C)C)c2ccc(Cl)cc2)CC1. The lowest BCUT2D eigenvalue weighted by Crippen LogP contribution is -2.44. The summed E-state index contributed by atoms with van der Waals surface area (Å²) in [5.74, 6) is 0.221. The fourth-order valence-corrected chi connectivity index (χ4v) is 3.20. The third kappa shape index (κ3) is 5.40. The van der Waals surface area contributed by atoms with Crippen LogP contribution in [0.15, 0.2) is 24.3 Å². The van der Waals surface area contributed by atoms with Crippen molar-refractivity contribution in [3.05, 3.63) is 34.9 Å². The zero-order valence-electron chi connectivity index (χ0n) is 14.5. The summed E-state index contributed by atoms with van der Waals surface area (Å²) in [5.41, 5.74) is 0.953. The first-order valence-electron chi connectivity index (χ1n) is 8.51. The molecule has 1 aromatic carbocycles. The fourth-order valence-electron chi connectivity index (χ4n) is 3.07. The van der Waals surface area contributed by atoms with Crippen molar-refractivity contribution in [2.24, 2.45) is 5.92 Å². The molecular weight excluding hydrogens is 326 g/mol. The number of benzene rings is 1. The van der Waals surface area contributed by atoms with E-state index >= 15 is 0 Å². The first-order chi connectivity index (χ1) is 11.4. The summed E-state index contributed by atoms with van der Waals surface area (Å²) in [7, 11) is -0.440. The minimum absolute atomic E-state index is 0.0282. The molecule has 1 aliphatic rings.